The molecule has 11 heteroatoms. The fourth-order valence-corrected chi connectivity index (χ4v) is 5.58. The van der Waals surface area contributed by atoms with Crippen LogP contribution in [-0.4, -0.2) is 35.7 Å². The Hall–Kier alpha value is -2.98. The summed E-state index contributed by atoms with van der Waals surface area (Å²) in [5.74, 6) is -0.123. The number of amides is 3. The normalized spacial score (nSPS) is 14.2. The molecule has 7 nitrogen and oxygen atoms in total. The Morgan fingerprint density at radius 2 is 1.82 bits per heavy atom. The van der Waals surface area contributed by atoms with Gasteiger partial charge in [-0.1, -0.05) is 41.4 Å². The second-order valence-corrected chi connectivity index (χ2v) is 10.9. The van der Waals surface area contributed by atoms with Gasteiger partial charge in [0.1, 0.15) is 0 Å². The van der Waals surface area contributed by atoms with E-state index in [1.807, 2.05) is 25.1 Å². The van der Waals surface area contributed by atoms with Gasteiger partial charge in [0.15, 0.2) is 18.1 Å². The van der Waals surface area contributed by atoms with Gasteiger partial charge in [0.05, 0.1) is 23.0 Å². The Kier molecular flexibility index (Phi) is 9.04. The molecule has 1 heterocycles. The number of benzene rings is 3. The number of carbonyl (C=O) groups is 3. The topological polar surface area (TPSA) is 84.9 Å². The highest BCUT2D eigenvalue weighted by Gasteiger charge is 2.35. The Bertz CT molecular complexity index is 1440. The fourth-order valence-electron chi connectivity index (χ4n) is 3.65. The number of halogens is 3. The summed E-state index contributed by atoms with van der Waals surface area (Å²) in [6.45, 7) is 1.65. The lowest BCUT2D eigenvalue weighted by molar-refractivity contribution is -0.123. The van der Waals surface area contributed by atoms with Gasteiger partial charge in [-0.15, -0.1) is 0 Å². The maximum Gasteiger partial charge on any atom is 0.293 e. The molecule has 38 heavy (non-hydrogen) atoms. The van der Waals surface area contributed by atoms with Crippen LogP contribution in [-0.2, 0) is 16.1 Å². The van der Waals surface area contributed by atoms with Crippen LogP contribution in [0.25, 0.3) is 6.08 Å². The molecule has 0 aliphatic carbocycles. The molecule has 3 aromatic rings. The van der Waals surface area contributed by atoms with E-state index in [2.05, 4.69) is 21.2 Å². The average Bonchev–Trinajstić information content (AvgIpc) is 3.12. The maximum atomic E-state index is 13.0. The maximum absolute atomic E-state index is 13.0. The van der Waals surface area contributed by atoms with Gasteiger partial charge in [-0.3, -0.25) is 19.3 Å². The predicted octanol–water partition coefficient (Wildman–Crippen LogP) is 7.33. The van der Waals surface area contributed by atoms with Crippen molar-refractivity contribution in [3.8, 4) is 11.5 Å². The van der Waals surface area contributed by atoms with Crippen LogP contribution in [0.5, 0.6) is 11.5 Å². The fraction of sp³-hybridized carbons (Fsp3) is 0.148. The number of aryl methyl sites for hydroxylation is 1. The summed E-state index contributed by atoms with van der Waals surface area (Å²) in [7, 11) is 1.46. The molecular weight excluding hydrogens is 615 g/mol. The van der Waals surface area contributed by atoms with Crippen molar-refractivity contribution in [2.75, 3.05) is 19.0 Å². The van der Waals surface area contributed by atoms with Crippen molar-refractivity contribution in [3.63, 3.8) is 0 Å². The predicted molar refractivity (Wildman–Crippen MR) is 154 cm³/mol. The van der Waals surface area contributed by atoms with Crippen LogP contribution < -0.4 is 14.8 Å². The summed E-state index contributed by atoms with van der Waals surface area (Å²) in [6, 6.07) is 15.8. The van der Waals surface area contributed by atoms with Crippen molar-refractivity contribution in [1.82, 2.24) is 4.90 Å². The van der Waals surface area contributed by atoms with Gasteiger partial charge in [0.25, 0.3) is 17.1 Å². The van der Waals surface area contributed by atoms with Crippen molar-refractivity contribution in [3.05, 3.63) is 90.7 Å². The summed E-state index contributed by atoms with van der Waals surface area (Å²) < 4.78 is 11.7. The van der Waals surface area contributed by atoms with E-state index < -0.39 is 11.1 Å². The van der Waals surface area contributed by atoms with E-state index in [0.29, 0.717) is 42.8 Å². The molecule has 0 aromatic heterocycles. The van der Waals surface area contributed by atoms with Gasteiger partial charge >= 0.3 is 0 Å². The van der Waals surface area contributed by atoms with Crippen LogP contribution in [0.3, 0.4) is 0 Å². The third kappa shape index (κ3) is 6.53. The number of carbonyl (C=O) groups excluding carboxylic acids is 3. The minimum atomic E-state index is -0.459. The van der Waals surface area contributed by atoms with Gasteiger partial charge in [0.2, 0.25) is 0 Å². The van der Waals surface area contributed by atoms with E-state index in [1.165, 1.54) is 7.11 Å². The van der Waals surface area contributed by atoms with Crippen molar-refractivity contribution in [1.29, 1.82) is 0 Å². The standard InChI is InChI=1S/C27H21BrCl2N2O5S/c1-15-5-3-6-17(9-15)31-24(33)14-37-25-19(28)10-16(11-22(25)36-2)12-23-26(34)32(27(35)38-23)13-18-20(29)7-4-8-21(18)30/h3-12H,13-14H2,1-2H3,(H,31,33)/b23-12-. The molecule has 1 aliphatic rings. The Balaban J connectivity index is 1.48. The number of thioether (sulfide) groups is 1. The van der Waals surface area contributed by atoms with Crippen molar-refractivity contribution >= 4 is 79.7 Å². The number of hydrogen-bond donors (Lipinski definition) is 1. The largest absolute Gasteiger partial charge is 0.493 e. The lowest BCUT2D eigenvalue weighted by Crippen LogP contribution is -2.27. The first-order valence-corrected chi connectivity index (χ1v) is 13.6. The number of ether oxygens (including phenoxy) is 2. The summed E-state index contributed by atoms with van der Waals surface area (Å²) >= 11 is 16.7. The number of nitrogens with zero attached hydrogens (tertiary/aromatic N) is 1. The number of anilines is 1. The first kappa shape index (κ1) is 28.0. The summed E-state index contributed by atoms with van der Waals surface area (Å²) in [5.41, 5.74) is 2.78. The smallest absolute Gasteiger partial charge is 0.293 e. The highest BCUT2D eigenvalue weighted by Crippen LogP contribution is 2.40. The minimum Gasteiger partial charge on any atom is -0.493 e. The summed E-state index contributed by atoms with van der Waals surface area (Å²) in [6.07, 6.45) is 1.58. The molecule has 0 atom stereocenters. The van der Waals surface area contributed by atoms with E-state index in [-0.39, 0.29) is 24.0 Å². The molecule has 0 bridgehead atoms. The molecule has 196 valence electrons. The zero-order valence-corrected chi connectivity index (χ0v) is 24.1. The number of nitrogens with one attached hydrogen (secondary N) is 1. The first-order chi connectivity index (χ1) is 18.2. The van der Waals surface area contributed by atoms with Gasteiger partial charge in [-0.2, -0.15) is 0 Å². The van der Waals surface area contributed by atoms with E-state index in [1.54, 1.807) is 42.5 Å². The number of rotatable bonds is 8. The van der Waals surface area contributed by atoms with Crippen molar-refractivity contribution in [2.45, 2.75) is 13.5 Å². The Morgan fingerprint density at radius 1 is 1.11 bits per heavy atom. The van der Waals surface area contributed by atoms with Crippen LogP contribution >= 0.6 is 50.9 Å². The molecule has 1 N–H and O–H groups in total. The summed E-state index contributed by atoms with van der Waals surface area (Å²) in [5, 5.41) is 3.10. The molecule has 0 saturated carbocycles. The average molecular weight is 636 g/mol. The molecule has 4 rings (SSSR count). The molecule has 3 aromatic carbocycles. The van der Waals surface area contributed by atoms with E-state index in [4.69, 9.17) is 32.7 Å². The second-order valence-electron chi connectivity index (χ2n) is 8.21. The molecule has 3 amide bonds. The van der Waals surface area contributed by atoms with Crippen molar-refractivity contribution < 1.29 is 23.9 Å². The summed E-state index contributed by atoms with van der Waals surface area (Å²) in [4.78, 5) is 39.3. The zero-order valence-electron chi connectivity index (χ0n) is 20.2. The lowest BCUT2D eigenvalue weighted by Gasteiger charge is -2.15. The van der Waals surface area contributed by atoms with Gasteiger partial charge in [-0.25, -0.2) is 0 Å². The van der Waals surface area contributed by atoms with Gasteiger partial charge in [-0.05, 0) is 88.2 Å². The SMILES string of the molecule is COc1cc(/C=C2\SC(=O)N(Cc3c(Cl)cccc3Cl)C2=O)cc(Br)c1OCC(=O)Nc1cccc(C)c1. The molecule has 1 fully saturated rings. The monoisotopic (exact) mass is 634 g/mol. The molecule has 0 spiro atoms. The molecule has 1 aliphatic heterocycles. The van der Waals surface area contributed by atoms with Crippen LogP contribution in [0, 0.1) is 6.92 Å². The third-order valence-electron chi connectivity index (χ3n) is 5.45. The first-order valence-electron chi connectivity index (χ1n) is 11.2. The van der Waals surface area contributed by atoms with Gasteiger partial charge in [0, 0.05) is 21.3 Å². The van der Waals surface area contributed by atoms with Crippen LogP contribution in [0.4, 0.5) is 10.5 Å². The molecular formula is C27H21BrCl2N2O5S. The van der Waals surface area contributed by atoms with E-state index in [0.717, 1.165) is 22.2 Å². The van der Waals surface area contributed by atoms with Crippen LogP contribution in [0.15, 0.2) is 64.0 Å². The number of methoxy groups -OCH3 is 1. The quantitative estimate of drug-likeness (QED) is 0.261. The van der Waals surface area contributed by atoms with Gasteiger partial charge < -0.3 is 14.8 Å². The second kappa shape index (κ2) is 12.3. The number of imide groups is 1. The highest BCUT2D eigenvalue weighted by atomic mass is 79.9. The van der Waals surface area contributed by atoms with Crippen molar-refractivity contribution in [2.24, 2.45) is 0 Å². The Morgan fingerprint density at radius 3 is 2.50 bits per heavy atom. The van der Waals surface area contributed by atoms with Crippen LogP contribution in [0.2, 0.25) is 10.0 Å². The van der Waals surface area contributed by atoms with Crippen LogP contribution in [0.1, 0.15) is 16.7 Å². The third-order valence-corrected chi connectivity index (χ3v) is 7.66. The molecule has 0 radical (unpaired) electrons. The highest BCUT2D eigenvalue weighted by molar-refractivity contribution is 9.10. The Labute approximate surface area is 242 Å². The zero-order chi connectivity index (χ0) is 27.4. The number of hydrogen-bond acceptors (Lipinski definition) is 6. The van der Waals surface area contributed by atoms with E-state index >= 15 is 0 Å². The minimum absolute atomic E-state index is 0.0368. The molecule has 1 saturated heterocycles. The van der Waals surface area contributed by atoms with E-state index in [9.17, 15) is 14.4 Å². The molecule has 0 unspecified atom stereocenters. The lowest BCUT2D eigenvalue weighted by atomic mass is 10.1.